The van der Waals surface area contributed by atoms with Gasteiger partial charge in [0, 0.05) is 0 Å². The van der Waals surface area contributed by atoms with E-state index in [0.29, 0.717) is 0 Å². The summed E-state index contributed by atoms with van der Waals surface area (Å²) in [7, 11) is 0. The number of rotatable bonds is 0. The Morgan fingerprint density at radius 3 is 2.00 bits per heavy atom. The maximum atomic E-state index is 2.32. The van der Waals surface area contributed by atoms with Gasteiger partial charge in [-0.15, -0.1) is 0 Å². The highest BCUT2D eigenvalue weighted by atomic mass is 13.9. The van der Waals surface area contributed by atoms with E-state index in [9.17, 15) is 0 Å². The van der Waals surface area contributed by atoms with Crippen LogP contribution in [0.5, 0.6) is 0 Å². The summed E-state index contributed by atoms with van der Waals surface area (Å²) in [6.45, 7) is 0. The minimum absolute atomic E-state index is 1.09. The van der Waals surface area contributed by atoms with Gasteiger partial charge in [0.2, 0.25) is 0 Å². The molecule has 0 aromatic carbocycles. The van der Waals surface area contributed by atoms with Gasteiger partial charge in [-0.2, -0.15) is 0 Å². The van der Waals surface area contributed by atoms with Crippen LogP contribution in [-0.4, -0.2) is 0 Å². The van der Waals surface area contributed by atoms with Gasteiger partial charge in [-0.25, -0.2) is 0 Å². The molecule has 0 aromatic heterocycles. The summed E-state index contributed by atoms with van der Waals surface area (Å²) >= 11 is 0. The Morgan fingerprint density at radius 1 is 0.500 bits per heavy atom. The monoisotopic (exact) mass is 190 g/mol. The van der Waals surface area contributed by atoms with Gasteiger partial charge in [0.25, 0.3) is 0 Å². The first kappa shape index (κ1) is 11.3. The van der Waals surface area contributed by atoms with Crippen LogP contribution in [0.25, 0.3) is 0 Å². The van der Waals surface area contributed by atoms with Crippen LogP contribution in [0.3, 0.4) is 0 Å². The molecule has 0 N–H and O–H groups in total. The van der Waals surface area contributed by atoms with E-state index in [4.69, 9.17) is 0 Å². The molecule has 0 saturated heterocycles. The third-order valence-electron chi connectivity index (χ3n) is 2.56. The van der Waals surface area contributed by atoms with Crippen molar-refractivity contribution in [3.05, 3.63) is 36.5 Å². The summed E-state index contributed by atoms with van der Waals surface area (Å²) in [4.78, 5) is 0. The van der Waals surface area contributed by atoms with Crippen molar-refractivity contribution in [1.82, 2.24) is 0 Å². The zero-order chi connectivity index (χ0) is 9.90. The van der Waals surface area contributed by atoms with E-state index in [1.807, 2.05) is 0 Å². The van der Waals surface area contributed by atoms with Crippen molar-refractivity contribution in [3.8, 4) is 0 Å². The van der Waals surface area contributed by atoms with E-state index < -0.39 is 0 Å². The molecular formula is C14H22. The second kappa shape index (κ2) is 8.80. The van der Waals surface area contributed by atoms with Crippen LogP contribution in [0.1, 0.15) is 51.4 Å². The van der Waals surface area contributed by atoms with Gasteiger partial charge in [-0.05, 0) is 32.1 Å². The third kappa shape index (κ3) is 6.71. The summed E-state index contributed by atoms with van der Waals surface area (Å²) in [5.41, 5.74) is 0. The van der Waals surface area contributed by atoms with Crippen molar-refractivity contribution in [2.24, 2.45) is 0 Å². The maximum absolute atomic E-state index is 2.32. The summed E-state index contributed by atoms with van der Waals surface area (Å²) < 4.78 is 0. The first-order valence-corrected chi connectivity index (χ1v) is 5.97. The van der Waals surface area contributed by atoms with Gasteiger partial charge in [0.05, 0.1) is 0 Å². The zero-order valence-electron chi connectivity index (χ0n) is 9.12. The molecule has 0 spiro atoms. The minimum atomic E-state index is 1.09. The molecule has 1 rings (SSSR count). The van der Waals surface area contributed by atoms with Crippen molar-refractivity contribution >= 4 is 0 Å². The summed E-state index contributed by atoms with van der Waals surface area (Å²) in [5, 5.41) is 0. The fourth-order valence-corrected chi connectivity index (χ4v) is 1.68. The molecule has 0 radical (unpaired) electrons. The van der Waals surface area contributed by atoms with Crippen molar-refractivity contribution in [2.45, 2.75) is 51.4 Å². The molecule has 0 heteroatoms. The standard InChI is InChI=1S/C14H22/c1-2-4-6-8-10-12-14-13-11-9-7-5-3-1/h1-4,7,9H,5-6,8,10-14H2. The Hall–Kier alpha value is -0.780. The van der Waals surface area contributed by atoms with Crippen LogP contribution in [0.2, 0.25) is 0 Å². The van der Waals surface area contributed by atoms with Crippen LogP contribution < -0.4 is 0 Å². The lowest BCUT2D eigenvalue weighted by atomic mass is 10.1. The first-order chi connectivity index (χ1) is 7.00. The quantitative estimate of drug-likeness (QED) is 0.482. The van der Waals surface area contributed by atoms with Crippen molar-refractivity contribution < 1.29 is 0 Å². The smallest absolute Gasteiger partial charge is 0.0166 e. The Morgan fingerprint density at radius 2 is 1.14 bits per heavy atom. The molecule has 0 unspecified atom stereocenters. The molecule has 0 bridgehead atoms. The normalized spacial score (nSPS) is 20.6. The van der Waals surface area contributed by atoms with Gasteiger partial charge < -0.3 is 0 Å². The molecule has 78 valence electrons. The van der Waals surface area contributed by atoms with E-state index in [1.165, 1.54) is 44.9 Å². The summed E-state index contributed by atoms with van der Waals surface area (Å²) in [6, 6.07) is 0. The molecular weight excluding hydrogens is 168 g/mol. The lowest BCUT2D eigenvalue weighted by Crippen LogP contribution is -1.78. The topological polar surface area (TPSA) is 0 Å². The van der Waals surface area contributed by atoms with Gasteiger partial charge in [-0.1, -0.05) is 55.7 Å². The fraction of sp³-hybridized carbons (Fsp3) is 0.571. The molecule has 1 aliphatic carbocycles. The Kier molecular flexibility index (Phi) is 7.10. The average Bonchev–Trinajstić information content (AvgIpc) is 2.22. The maximum Gasteiger partial charge on any atom is -0.0166 e. The van der Waals surface area contributed by atoms with Gasteiger partial charge in [0.1, 0.15) is 0 Å². The molecule has 0 saturated carbocycles. The Balaban J connectivity index is 2.26. The van der Waals surface area contributed by atoms with Crippen LogP contribution >= 0.6 is 0 Å². The molecule has 0 atom stereocenters. The third-order valence-corrected chi connectivity index (χ3v) is 2.56. The minimum Gasteiger partial charge on any atom is -0.0882 e. The van der Waals surface area contributed by atoms with Crippen LogP contribution in [-0.2, 0) is 0 Å². The van der Waals surface area contributed by atoms with E-state index in [-0.39, 0.29) is 0 Å². The zero-order valence-corrected chi connectivity index (χ0v) is 9.12. The lowest BCUT2D eigenvalue weighted by molar-refractivity contribution is 0.621. The van der Waals surface area contributed by atoms with E-state index in [0.717, 1.165) is 6.42 Å². The SMILES string of the molecule is C1=CCC=CCCCCCCCC=C1. The number of hydrogen-bond acceptors (Lipinski definition) is 0. The van der Waals surface area contributed by atoms with Gasteiger partial charge in [0.15, 0.2) is 0 Å². The van der Waals surface area contributed by atoms with Crippen LogP contribution in [0.15, 0.2) is 36.5 Å². The highest BCUT2D eigenvalue weighted by Gasteiger charge is 1.88. The van der Waals surface area contributed by atoms with Gasteiger partial charge >= 0.3 is 0 Å². The van der Waals surface area contributed by atoms with Crippen LogP contribution in [0.4, 0.5) is 0 Å². The predicted octanol–water partition coefficient (Wildman–Crippen LogP) is 4.79. The highest BCUT2D eigenvalue weighted by molar-refractivity contribution is 5.04. The predicted molar refractivity (Wildman–Crippen MR) is 64.4 cm³/mol. The van der Waals surface area contributed by atoms with Gasteiger partial charge in [-0.3, -0.25) is 0 Å². The second-order valence-electron chi connectivity index (χ2n) is 3.91. The van der Waals surface area contributed by atoms with Crippen LogP contribution in [0, 0.1) is 0 Å². The highest BCUT2D eigenvalue weighted by Crippen LogP contribution is 2.08. The average molecular weight is 190 g/mol. The Labute approximate surface area is 88.4 Å². The van der Waals surface area contributed by atoms with E-state index in [2.05, 4.69) is 36.5 Å². The lowest BCUT2D eigenvalue weighted by Gasteiger charge is -1.98. The second-order valence-corrected chi connectivity index (χ2v) is 3.91. The van der Waals surface area contributed by atoms with E-state index >= 15 is 0 Å². The Bertz CT molecular complexity index is 196. The van der Waals surface area contributed by atoms with Crippen molar-refractivity contribution in [2.75, 3.05) is 0 Å². The fourth-order valence-electron chi connectivity index (χ4n) is 1.68. The molecule has 0 aromatic rings. The van der Waals surface area contributed by atoms with Crippen molar-refractivity contribution in [1.29, 1.82) is 0 Å². The molecule has 14 heavy (non-hydrogen) atoms. The molecule has 0 amide bonds. The molecule has 0 heterocycles. The molecule has 1 aliphatic rings. The summed E-state index contributed by atoms with van der Waals surface area (Å²) in [6.07, 6.45) is 24.0. The van der Waals surface area contributed by atoms with E-state index in [1.54, 1.807) is 0 Å². The number of hydrogen-bond donors (Lipinski definition) is 0. The summed E-state index contributed by atoms with van der Waals surface area (Å²) in [5.74, 6) is 0. The number of allylic oxidation sites excluding steroid dienone is 6. The first-order valence-electron chi connectivity index (χ1n) is 5.97. The van der Waals surface area contributed by atoms with Crippen molar-refractivity contribution in [3.63, 3.8) is 0 Å². The molecule has 0 aliphatic heterocycles. The molecule has 0 fully saturated rings. The largest absolute Gasteiger partial charge is 0.0882 e. The molecule has 0 nitrogen and oxygen atoms in total.